The SMILES string of the molecule is CC(=O)c1ccc(Nc2ccc(NC(=O)NC3CCCCC3)nn2)cc1. The smallest absolute Gasteiger partial charge is 0.320 e. The molecule has 26 heavy (non-hydrogen) atoms. The molecule has 1 saturated carbocycles. The van der Waals surface area contributed by atoms with Crippen molar-refractivity contribution in [2.75, 3.05) is 10.6 Å². The van der Waals surface area contributed by atoms with Crippen molar-refractivity contribution in [3.8, 4) is 0 Å². The van der Waals surface area contributed by atoms with Gasteiger partial charge in [-0.2, -0.15) is 0 Å². The van der Waals surface area contributed by atoms with Crippen LogP contribution in [0.25, 0.3) is 0 Å². The number of aromatic nitrogens is 2. The van der Waals surface area contributed by atoms with E-state index in [2.05, 4.69) is 26.1 Å². The molecule has 0 saturated heterocycles. The number of urea groups is 1. The maximum Gasteiger partial charge on any atom is 0.320 e. The Morgan fingerprint density at radius 2 is 1.58 bits per heavy atom. The van der Waals surface area contributed by atoms with E-state index < -0.39 is 0 Å². The molecule has 0 atom stereocenters. The van der Waals surface area contributed by atoms with E-state index in [0.29, 0.717) is 17.2 Å². The molecule has 0 spiro atoms. The molecule has 2 aromatic rings. The largest absolute Gasteiger partial charge is 0.339 e. The molecule has 1 heterocycles. The van der Waals surface area contributed by atoms with E-state index in [0.717, 1.165) is 18.5 Å². The average Bonchev–Trinajstić information content (AvgIpc) is 2.64. The van der Waals surface area contributed by atoms with Gasteiger partial charge in [-0.05, 0) is 56.2 Å². The minimum atomic E-state index is -0.244. The fourth-order valence-electron chi connectivity index (χ4n) is 2.99. The van der Waals surface area contributed by atoms with Crippen molar-refractivity contribution in [2.45, 2.75) is 45.1 Å². The number of rotatable bonds is 5. The fraction of sp³-hybridized carbons (Fsp3) is 0.368. The number of carbonyl (C=O) groups excluding carboxylic acids is 2. The molecule has 1 fully saturated rings. The lowest BCUT2D eigenvalue weighted by Gasteiger charge is -2.22. The molecule has 1 aromatic heterocycles. The first-order valence-electron chi connectivity index (χ1n) is 8.89. The normalized spacial score (nSPS) is 14.5. The summed E-state index contributed by atoms with van der Waals surface area (Å²) >= 11 is 0. The Kier molecular flexibility index (Phi) is 5.78. The molecular weight excluding hydrogens is 330 g/mol. The number of nitrogens with one attached hydrogen (secondary N) is 3. The van der Waals surface area contributed by atoms with Gasteiger partial charge in [-0.3, -0.25) is 10.1 Å². The third-order valence-electron chi connectivity index (χ3n) is 4.41. The van der Waals surface area contributed by atoms with Gasteiger partial charge in [-0.25, -0.2) is 4.79 Å². The lowest BCUT2D eigenvalue weighted by Crippen LogP contribution is -2.39. The molecule has 1 aromatic carbocycles. The van der Waals surface area contributed by atoms with Gasteiger partial charge in [0, 0.05) is 17.3 Å². The number of benzene rings is 1. The second kappa shape index (κ2) is 8.42. The third-order valence-corrected chi connectivity index (χ3v) is 4.41. The highest BCUT2D eigenvalue weighted by atomic mass is 16.2. The van der Waals surface area contributed by atoms with Crippen LogP contribution >= 0.6 is 0 Å². The number of carbonyl (C=O) groups is 2. The summed E-state index contributed by atoms with van der Waals surface area (Å²) in [7, 11) is 0. The van der Waals surface area contributed by atoms with E-state index in [1.807, 2.05) is 12.1 Å². The first-order chi connectivity index (χ1) is 12.6. The number of nitrogens with zero attached hydrogens (tertiary/aromatic N) is 2. The first-order valence-corrected chi connectivity index (χ1v) is 8.89. The fourth-order valence-corrected chi connectivity index (χ4v) is 2.99. The van der Waals surface area contributed by atoms with Crippen molar-refractivity contribution in [2.24, 2.45) is 0 Å². The molecule has 7 heteroatoms. The number of hydrogen-bond acceptors (Lipinski definition) is 5. The Morgan fingerprint density at radius 1 is 0.923 bits per heavy atom. The van der Waals surface area contributed by atoms with E-state index in [4.69, 9.17) is 0 Å². The predicted octanol–water partition coefficient (Wildman–Crippen LogP) is 3.88. The number of anilines is 3. The standard InChI is InChI=1S/C19H23N5O2/c1-13(25)14-7-9-16(10-8-14)20-17-11-12-18(24-23-17)22-19(26)21-15-5-3-2-4-6-15/h7-12,15H,2-6H2,1H3,(H,20,23)(H2,21,22,24,26). The van der Waals surface area contributed by atoms with Crippen LogP contribution in [0.3, 0.4) is 0 Å². The van der Waals surface area contributed by atoms with E-state index in [1.54, 1.807) is 24.3 Å². The third kappa shape index (κ3) is 5.02. The predicted molar refractivity (Wildman–Crippen MR) is 101 cm³/mol. The summed E-state index contributed by atoms with van der Waals surface area (Å²) in [5.74, 6) is 0.980. The lowest BCUT2D eigenvalue weighted by molar-refractivity contribution is 0.101. The quantitative estimate of drug-likeness (QED) is 0.709. The summed E-state index contributed by atoms with van der Waals surface area (Å²) in [6.07, 6.45) is 5.64. The zero-order valence-electron chi connectivity index (χ0n) is 14.8. The monoisotopic (exact) mass is 353 g/mol. The first kappa shape index (κ1) is 17.8. The molecule has 0 aliphatic heterocycles. The summed E-state index contributed by atoms with van der Waals surface area (Å²) in [5.41, 5.74) is 1.46. The highest BCUT2D eigenvalue weighted by molar-refractivity contribution is 5.94. The van der Waals surface area contributed by atoms with Crippen LogP contribution in [0.4, 0.5) is 22.1 Å². The van der Waals surface area contributed by atoms with E-state index >= 15 is 0 Å². The number of ketones is 1. The minimum Gasteiger partial charge on any atom is -0.339 e. The highest BCUT2D eigenvalue weighted by Crippen LogP contribution is 2.18. The molecule has 3 rings (SSSR count). The zero-order chi connectivity index (χ0) is 18.4. The summed E-state index contributed by atoms with van der Waals surface area (Å²) in [6, 6.07) is 10.6. The van der Waals surface area contributed by atoms with Crippen molar-refractivity contribution in [1.82, 2.24) is 15.5 Å². The Balaban J connectivity index is 1.52. The van der Waals surface area contributed by atoms with Gasteiger partial charge in [0.1, 0.15) is 0 Å². The van der Waals surface area contributed by atoms with Gasteiger partial charge in [-0.15, -0.1) is 10.2 Å². The van der Waals surface area contributed by atoms with Crippen LogP contribution < -0.4 is 16.0 Å². The summed E-state index contributed by atoms with van der Waals surface area (Å²) < 4.78 is 0. The molecule has 0 radical (unpaired) electrons. The van der Waals surface area contributed by atoms with Crippen molar-refractivity contribution in [1.29, 1.82) is 0 Å². The van der Waals surface area contributed by atoms with Gasteiger partial charge in [0.2, 0.25) is 0 Å². The van der Waals surface area contributed by atoms with Crippen LogP contribution in [0.2, 0.25) is 0 Å². The number of hydrogen-bond donors (Lipinski definition) is 3. The maximum absolute atomic E-state index is 12.0. The minimum absolute atomic E-state index is 0.0262. The molecule has 3 N–H and O–H groups in total. The van der Waals surface area contributed by atoms with Crippen LogP contribution in [0, 0.1) is 0 Å². The lowest BCUT2D eigenvalue weighted by atomic mass is 9.96. The highest BCUT2D eigenvalue weighted by Gasteiger charge is 2.15. The zero-order valence-corrected chi connectivity index (χ0v) is 14.8. The van der Waals surface area contributed by atoms with Gasteiger partial charge in [-0.1, -0.05) is 19.3 Å². The van der Waals surface area contributed by atoms with Crippen molar-refractivity contribution in [3.05, 3.63) is 42.0 Å². The second-order valence-electron chi connectivity index (χ2n) is 6.50. The van der Waals surface area contributed by atoms with Crippen LogP contribution in [0.1, 0.15) is 49.4 Å². The van der Waals surface area contributed by atoms with Crippen molar-refractivity contribution < 1.29 is 9.59 Å². The molecule has 0 bridgehead atoms. The molecule has 136 valence electrons. The van der Waals surface area contributed by atoms with E-state index in [-0.39, 0.29) is 17.9 Å². The summed E-state index contributed by atoms with van der Waals surface area (Å²) in [6.45, 7) is 1.53. The van der Waals surface area contributed by atoms with Crippen LogP contribution in [-0.4, -0.2) is 28.1 Å². The summed E-state index contributed by atoms with van der Waals surface area (Å²) in [4.78, 5) is 23.3. The van der Waals surface area contributed by atoms with E-state index in [1.165, 1.54) is 26.2 Å². The molecular formula is C19H23N5O2. The van der Waals surface area contributed by atoms with Crippen LogP contribution in [-0.2, 0) is 0 Å². The summed E-state index contributed by atoms with van der Waals surface area (Å²) in [5, 5.41) is 16.9. The maximum atomic E-state index is 12.0. The van der Waals surface area contributed by atoms with Crippen LogP contribution in [0.15, 0.2) is 36.4 Å². The van der Waals surface area contributed by atoms with Crippen molar-refractivity contribution >= 4 is 29.1 Å². The Morgan fingerprint density at radius 3 is 2.19 bits per heavy atom. The number of amides is 2. The number of Topliss-reactive ketones (excluding diaryl/α,β-unsaturated/α-hetero) is 1. The van der Waals surface area contributed by atoms with Crippen LogP contribution in [0.5, 0.6) is 0 Å². The Labute approximate surface area is 152 Å². The van der Waals surface area contributed by atoms with Crippen molar-refractivity contribution in [3.63, 3.8) is 0 Å². The molecule has 1 aliphatic rings. The van der Waals surface area contributed by atoms with Gasteiger partial charge >= 0.3 is 6.03 Å². The second-order valence-corrected chi connectivity index (χ2v) is 6.50. The topological polar surface area (TPSA) is 96.0 Å². The molecule has 0 unspecified atom stereocenters. The molecule has 1 aliphatic carbocycles. The molecule has 7 nitrogen and oxygen atoms in total. The van der Waals surface area contributed by atoms with Gasteiger partial charge in [0.25, 0.3) is 0 Å². The van der Waals surface area contributed by atoms with Gasteiger partial charge in [0.15, 0.2) is 17.4 Å². The van der Waals surface area contributed by atoms with Gasteiger partial charge in [0.05, 0.1) is 0 Å². The average molecular weight is 353 g/mol. The Bertz CT molecular complexity index is 753. The molecule has 2 amide bonds. The Hall–Kier alpha value is -2.96. The van der Waals surface area contributed by atoms with Gasteiger partial charge < -0.3 is 10.6 Å². The van der Waals surface area contributed by atoms with E-state index in [9.17, 15) is 9.59 Å².